The summed E-state index contributed by atoms with van der Waals surface area (Å²) in [5.41, 5.74) is 0.519. The van der Waals surface area contributed by atoms with E-state index in [1.165, 1.54) is 0 Å². The zero-order chi connectivity index (χ0) is 19.6. The Labute approximate surface area is 158 Å². The molecule has 1 heterocycles. The highest BCUT2D eigenvalue weighted by Crippen LogP contribution is 2.35. The van der Waals surface area contributed by atoms with Crippen LogP contribution in [0, 0.1) is 0 Å². The van der Waals surface area contributed by atoms with E-state index in [0.717, 1.165) is 5.56 Å². The maximum atomic E-state index is 13.1. The van der Waals surface area contributed by atoms with Crippen LogP contribution in [-0.4, -0.2) is 45.6 Å². The Bertz CT molecular complexity index is 846. The minimum absolute atomic E-state index is 0.110. The standard InChI is InChI=1S/C21H24N2O4/c1-21(2)20(27)22-11-12-23(21)19(26)13-17(14-7-9-15(24)10-8-14)16-5-3-4-6-18(16)25/h3-10,17,24-25H,11-13H2,1-2H3,(H,22,27)/t17-/m1/s1. The number of phenols is 2. The monoisotopic (exact) mass is 368 g/mol. The lowest BCUT2D eigenvalue weighted by Crippen LogP contribution is -2.63. The van der Waals surface area contributed by atoms with Crippen molar-refractivity contribution in [3.63, 3.8) is 0 Å². The third kappa shape index (κ3) is 3.74. The Morgan fingerprint density at radius 1 is 1.15 bits per heavy atom. The zero-order valence-electron chi connectivity index (χ0n) is 15.5. The molecule has 142 valence electrons. The lowest BCUT2D eigenvalue weighted by molar-refractivity contribution is -0.149. The molecule has 3 N–H and O–H groups in total. The number of amides is 2. The molecule has 6 heteroatoms. The molecule has 2 aromatic rings. The molecule has 0 spiro atoms. The first kappa shape index (κ1) is 18.8. The van der Waals surface area contributed by atoms with E-state index < -0.39 is 5.54 Å². The van der Waals surface area contributed by atoms with Gasteiger partial charge in [0.2, 0.25) is 11.8 Å². The van der Waals surface area contributed by atoms with Crippen LogP contribution in [0.3, 0.4) is 0 Å². The van der Waals surface area contributed by atoms with Gasteiger partial charge in [-0.25, -0.2) is 0 Å². The summed E-state index contributed by atoms with van der Waals surface area (Å²) < 4.78 is 0. The fourth-order valence-corrected chi connectivity index (χ4v) is 3.52. The zero-order valence-corrected chi connectivity index (χ0v) is 15.5. The molecule has 1 atom stereocenters. The first-order valence-corrected chi connectivity index (χ1v) is 8.96. The van der Waals surface area contributed by atoms with Crippen molar-refractivity contribution in [2.24, 2.45) is 0 Å². The summed E-state index contributed by atoms with van der Waals surface area (Å²) in [5, 5.41) is 22.7. The highest BCUT2D eigenvalue weighted by molar-refractivity contribution is 5.92. The summed E-state index contributed by atoms with van der Waals surface area (Å²) >= 11 is 0. The SMILES string of the molecule is CC1(C)C(=O)NCCN1C(=O)C[C@H](c1ccc(O)cc1)c1ccccc1O. The Balaban J connectivity index is 1.94. The first-order chi connectivity index (χ1) is 12.8. The van der Waals surface area contributed by atoms with Gasteiger partial charge in [-0.1, -0.05) is 30.3 Å². The number of carbonyl (C=O) groups is 2. The number of nitrogens with zero attached hydrogens (tertiary/aromatic N) is 1. The van der Waals surface area contributed by atoms with Crippen molar-refractivity contribution in [1.82, 2.24) is 10.2 Å². The summed E-state index contributed by atoms with van der Waals surface area (Å²) in [4.78, 5) is 26.9. The van der Waals surface area contributed by atoms with Crippen LogP contribution in [0.25, 0.3) is 0 Å². The molecule has 0 aromatic heterocycles. The summed E-state index contributed by atoms with van der Waals surface area (Å²) in [7, 11) is 0. The van der Waals surface area contributed by atoms with Crippen molar-refractivity contribution < 1.29 is 19.8 Å². The molecular formula is C21H24N2O4. The van der Waals surface area contributed by atoms with Gasteiger partial charge in [0, 0.05) is 31.0 Å². The number of benzene rings is 2. The van der Waals surface area contributed by atoms with Crippen molar-refractivity contribution in [1.29, 1.82) is 0 Å². The molecule has 0 aliphatic carbocycles. The van der Waals surface area contributed by atoms with E-state index in [0.29, 0.717) is 18.7 Å². The van der Waals surface area contributed by atoms with Gasteiger partial charge in [-0.15, -0.1) is 0 Å². The van der Waals surface area contributed by atoms with Gasteiger partial charge < -0.3 is 20.4 Å². The molecule has 1 aliphatic heterocycles. The number of hydrogen-bond donors (Lipinski definition) is 3. The minimum Gasteiger partial charge on any atom is -0.508 e. The third-order valence-electron chi connectivity index (χ3n) is 5.14. The maximum Gasteiger partial charge on any atom is 0.245 e. The summed E-state index contributed by atoms with van der Waals surface area (Å²) in [5.74, 6) is -0.476. The fraction of sp³-hybridized carbons (Fsp3) is 0.333. The molecular weight excluding hydrogens is 344 g/mol. The molecule has 2 aromatic carbocycles. The number of aromatic hydroxyl groups is 2. The quantitative estimate of drug-likeness (QED) is 0.773. The van der Waals surface area contributed by atoms with E-state index in [1.807, 2.05) is 6.07 Å². The second-order valence-electron chi connectivity index (χ2n) is 7.27. The van der Waals surface area contributed by atoms with Crippen LogP contribution in [-0.2, 0) is 9.59 Å². The van der Waals surface area contributed by atoms with Crippen LogP contribution in [0.2, 0.25) is 0 Å². The number of hydrogen-bond acceptors (Lipinski definition) is 4. The van der Waals surface area contributed by atoms with E-state index >= 15 is 0 Å². The van der Waals surface area contributed by atoms with Gasteiger partial charge in [0.15, 0.2) is 0 Å². The van der Waals surface area contributed by atoms with Crippen LogP contribution in [0.15, 0.2) is 48.5 Å². The van der Waals surface area contributed by atoms with Gasteiger partial charge in [0.1, 0.15) is 17.0 Å². The average Bonchev–Trinajstić information content (AvgIpc) is 2.63. The van der Waals surface area contributed by atoms with Crippen molar-refractivity contribution >= 4 is 11.8 Å². The van der Waals surface area contributed by atoms with Crippen molar-refractivity contribution in [3.8, 4) is 11.5 Å². The van der Waals surface area contributed by atoms with E-state index in [4.69, 9.17) is 0 Å². The molecule has 0 radical (unpaired) electrons. The van der Waals surface area contributed by atoms with Gasteiger partial charge >= 0.3 is 0 Å². The van der Waals surface area contributed by atoms with Gasteiger partial charge in [-0.3, -0.25) is 9.59 Å². The average molecular weight is 368 g/mol. The number of piperazine rings is 1. The number of phenolic OH excluding ortho intramolecular Hbond substituents is 2. The second-order valence-corrected chi connectivity index (χ2v) is 7.27. The lowest BCUT2D eigenvalue weighted by Gasteiger charge is -2.41. The summed E-state index contributed by atoms with van der Waals surface area (Å²) in [6, 6.07) is 13.5. The number of carbonyl (C=O) groups excluding carboxylic acids is 2. The molecule has 0 saturated carbocycles. The Hall–Kier alpha value is -3.02. The van der Waals surface area contributed by atoms with Crippen LogP contribution >= 0.6 is 0 Å². The van der Waals surface area contributed by atoms with Gasteiger partial charge in [0.25, 0.3) is 0 Å². The summed E-state index contributed by atoms with van der Waals surface area (Å²) in [6.07, 6.45) is 0.110. The molecule has 1 fully saturated rings. The first-order valence-electron chi connectivity index (χ1n) is 8.96. The summed E-state index contributed by atoms with van der Waals surface area (Å²) in [6.45, 7) is 4.33. The third-order valence-corrected chi connectivity index (χ3v) is 5.14. The largest absolute Gasteiger partial charge is 0.508 e. The second kappa shape index (κ2) is 7.31. The van der Waals surface area contributed by atoms with E-state index in [1.54, 1.807) is 61.2 Å². The van der Waals surface area contributed by atoms with Crippen molar-refractivity contribution in [3.05, 3.63) is 59.7 Å². The number of nitrogens with one attached hydrogen (secondary N) is 1. The Morgan fingerprint density at radius 3 is 2.48 bits per heavy atom. The van der Waals surface area contributed by atoms with Crippen molar-refractivity contribution in [2.75, 3.05) is 13.1 Å². The maximum absolute atomic E-state index is 13.1. The smallest absolute Gasteiger partial charge is 0.245 e. The van der Waals surface area contributed by atoms with Crippen molar-refractivity contribution in [2.45, 2.75) is 31.7 Å². The normalized spacial score (nSPS) is 17.3. The van der Waals surface area contributed by atoms with Crippen LogP contribution in [0.5, 0.6) is 11.5 Å². The Kier molecular flexibility index (Phi) is 5.08. The number of para-hydroxylation sites is 1. The predicted octanol–water partition coefficient (Wildman–Crippen LogP) is 2.36. The number of rotatable bonds is 4. The molecule has 1 aliphatic rings. The van der Waals surface area contributed by atoms with E-state index in [9.17, 15) is 19.8 Å². The molecule has 27 heavy (non-hydrogen) atoms. The van der Waals surface area contributed by atoms with E-state index in [-0.39, 0.29) is 35.7 Å². The Morgan fingerprint density at radius 2 is 1.81 bits per heavy atom. The predicted molar refractivity (Wildman–Crippen MR) is 101 cm³/mol. The van der Waals surface area contributed by atoms with Gasteiger partial charge in [-0.2, -0.15) is 0 Å². The minimum atomic E-state index is -0.923. The van der Waals surface area contributed by atoms with E-state index in [2.05, 4.69) is 5.32 Å². The molecule has 6 nitrogen and oxygen atoms in total. The molecule has 2 amide bonds. The highest BCUT2D eigenvalue weighted by atomic mass is 16.3. The van der Waals surface area contributed by atoms with Gasteiger partial charge in [-0.05, 0) is 37.6 Å². The molecule has 1 saturated heterocycles. The fourth-order valence-electron chi connectivity index (χ4n) is 3.52. The topological polar surface area (TPSA) is 89.9 Å². The molecule has 3 rings (SSSR count). The van der Waals surface area contributed by atoms with Gasteiger partial charge in [0.05, 0.1) is 0 Å². The van der Waals surface area contributed by atoms with Crippen LogP contribution in [0.1, 0.15) is 37.3 Å². The molecule has 0 unspecified atom stereocenters. The lowest BCUT2D eigenvalue weighted by atomic mass is 9.86. The van der Waals surface area contributed by atoms with Crippen LogP contribution in [0.4, 0.5) is 0 Å². The molecule has 0 bridgehead atoms. The van der Waals surface area contributed by atoms with Crippen LogP contribution < -0.4 is 5.32 Å². The highest BCUT2D eigenvalue weighted by Gasteiger charge is 2.41.